The predicted molar refractivity (Wildman–Crippen MR) is 86.1 cm³/mol. The molecule has 114 valence electrons. The highest BCUT2D eigenvalue weighted by molar-refractivity contribution is 6.43. The lowest BCUT2D eigenvalue weighted by molar-refractivity contribution is -0.117. The average Bonchev–Trinajstić information content (AvgIpc) is 3.06. The number of rotatable bonds is 3. The van der Waals surface area contributed by atoms with Crippen molar-refractivity contribution in [2.75, 3.05) is 38.0 Å². The van der Waals surface area contributed by atoms with Crippen LogP contribution in [0.15, 0.2) is 18.2 Å². The summed E-state index contributed by atoms with van der Waals surface area (Å²) in [6.07, 6.45) is 2.39. The molecule has 1 amide bonds. The Kier molecular flexibility index (Phi) is 4.41. The van der Waals surface area contributed by atoms with Crippen LogP contribution in [0.4, 0.5) is 5.69 Å². The van der Waals surface area contributed by atoms with E-state index in [0.29, 0.717) is 27.7 Å². The largest absolute Gasteiger partial charge is 0.324 e. The summed E-state index contributed by atoms with van der Waals surface area (Å²) in [5, 5.41) is 7.11. The van der Waals surface area contributed by atoms with Crippen molar-refractivity contribution >= 4 is 34.8 Å². The Bertz CT molecular complexity index is 544. The van der Waals surface area contributed by atoms with Gasteiger partial charge in [0.15, 0.2) is 0 Å². The number of carbonyl (C=O) groups is 1. The van der Waals surface area contributed by atoms with Gasteiger partial charge < -0.3 is 10.6 Å². The van der Waals surface area contributed by atoms with E-state index >= 15 is 0 Å². The fourth-order valence-electron chi connectivity index (χ4n) is 3.30. The number of carbonyl (C=O) groups excluding carboxylic acids is 1. The van der Waals surface area contributed by atoms with Crippen LogP contribution in [0, 0.1) is 5.41 Å². The third-order valence-electron chi connectivity index (χ3n) is 4.44. The quantitative estimate of drug-likeness (QED) is 0.896. The number of nitrogens with one attached hydrogen (secondary N) is 2. The molecule has 3 rings (SSSR count). The molecular formula is C15H19Cl2N3O. The number of benzene rings is 1. The highest BCUT2D eigenvalue weighted by Crippen LogP contribution is 2.36. The lowest BCUT2D eigenvalue weighted by Crippen LogP contribution is -2.34. The maximum Gasteiger partial charge on any atom is 0.238 e. The van der Waals surface area contributed by atoms with Crippen LogP contribution in [-0.2, 0) is 4.79 Å². The smallest absolute Gasteiger partial charge is 0.238 e. The number of anilines is 1. The van der Waals surface area contributed by atoms with Gasteiger partial charge in [-0.1, -0.05) is 29.3 Å². The van der Waals surface area contributed by atoms with E-state index in [1.54, 1.807) is 18.2 Å². The molecule has 0 radical (unpaired) electrons. The summed E-state index contributed by atoms with van der Waals surface area (Å²) in [7, 11) is 0. The first-order valence-corrected chi connectivity index (χ1v) is 8.01. The van der Waals surface area contributed by atoms with E-state index < -0.39 is 0 Å². The van der Waals surface area contributed by atoms with Gasteiger partial charge in [0.25, 0.3) is 0 Å². The van der Waals surface area contributed by atoms with Gasteiger partial charge in [0.05, 0.1) is 22.3 Å². The molecule has 1 spiro atoms. The van der Waals surface area contributed by atoms with E-state index in [4.69, 9.17) is 23.2 Å². The third-order valence-corrected chi connectivity index (χ3v) is 5.26. The summed E-state index contributed by atoms with van der Waals surface area (Å²) in [6, 6.07) is 5.24. The predicted octanol–water partition coefficient (Wildman–Crippen LogP) is 2.62. The molecule has 2 aliphatic rings. The van der Waals surface area contributed by atoms with E-state index in [1.807, 2.05) is 0 Å². The summed E-state index contributed by atoms with van der Waals surface area (Å²) in [4.78, 5) is 14.4. The molecule has 21 heavy (non-hydrogen) atoms. The Labute approximate surface area is 134 Å². The van der Waals surface area contributed by atoms with Crippen molar-refractivity contribution in [1.82, 2.24) is 10.2 Å². The molecule has 1 atom stereocenters. The summed E-state index contributed by atoms with van der Waals surface area (Å²) in [5.41, 5.74) is 0.958. The Morgan fingerprint density at radius 1 is 1.38 bits per heavy atom. The fraction of sp³-hybridized carbons (Fsp3) is 0.533. The summed E-state index contributed by atoms with van der Waals surface area (Å²) in [5.74, 6) is -0.0397. The van der Waals surface area contributed by atoms with Crippen LogP contribution in [0.2, 0.25) is 10.0 Å². The van der Waals surface area contributed by atoms with Crippen LogP contribution in [0.3, 0.4) is 0 Å². The van der Waals surface area contributed by atoms with Gasteiger partial charge in [0, 0.05) is 13.1 Å². The van der Waals surface area contributed by atoms with Crippen molar-refractivity contribution in [3.8, 4) is 0 Å². The van der Waals surface area contributed by atoms with E-state index in [-0.39, 0.29) is 5.91 Å². The van der Waals surface area contributed by atoms with E-state index in [9.17, 15) is 4.79 Å². The molecule has 6 heteroatoms. The van der Waals surface area contributed by atoms with Crippen molar-refractivity contribution in [3.05, 3.63) is 28.2 Å². The maximum absolute atomic E-state index is 12.2. The van der Waals surface area contributed by atoms with Crippen molar-refractivity contribution in [2.45, 2.75) is 12.8 Å². The maximum atomic E-state index is 12.2. The van der Waals surface area contributed by atoms with Gasteiger partial charge in [-0.05, 0) is 43.5 Å². The monoisotopic (exact) mass is 327 g/mol. The Hall–Kier alpha value is -0.810. The third kappa shape index (κ3) is 3.34. The topological polar surface area (TPSA) is 44.4 Å². The average molecular weight is 328 g/mol. The van der Waals surface area contributed by atoms with E-state index in [2.05, 4.69) is 15.5 Å². The van der Waals surface area contributed by atoms with Crippen molar-refractivity contribution < 1.29 is 4.79 Å². The molecule has 0 aliphatic carbocycles. The van der Waals surface area contributed by atoms with E-state index in [1.165, 1.54) is 12.8 Å². The summed E-state index contributed by atoms with van der Waals surface area (Å²) >= 11 is 12.0. The number of nitrogens with zero attached hydrogens (tertiary/aromatic N) is 1. The minimum atomic E-state index is -0.0397. The zero-order valence-corrected chi connectivity index (χ0v) is 13.3. The van der Waals surface area contributed by atoms with Gasteiger partial charge in [-0.2, -0.15) is 0 Å². The van der Waals surface area contributed by atoms with E-state index in [0.717, 1.165) is 26.2 Å². The Morgan fingerprint density at radius 3 is 3.00 bits per heavy atom. The first-order valence-electron chi connectivity index (χ1n) is 7.25. The summed E-state index contributed by atoms with van der Waals surface area (Å²) in [6.45, 7) is 4.56. The number of amides is 1. The minimum Gasteiger partial charge on any atom is -0.324 e. The van der Waals surface area contributed by atoms with Gasteiger partial charge in [-0.15, -0.1) is 0 Å². The van der Waals surface area contributed by atoms with Crippen molar-refractivity contribution in [2.24, 2.45) is 5.41 Å². The molecule has 0 aromatic heterocycles. The number of hydrogen-bond donors (Lipinski definition) is 2. The van der Waals surface area contributed by atoms with Gasteiger partial charge >= 0.3 is 0 Å². The van der Waals surface area contributed by atoms with Gasteiger partial charge in [0.2, 0.25) is 5.91 Å². The second-order valence-corrected chi connectivity index (χ2v) is 6.82. The first kappa shape index (κ1) is 15.1. The van der Waals surface area contributed by atoms with Crippen LogP contribution in [0.5, 0.6) is 0 Å². The zero-order chi connectivity index (χ0) is 14.9. The molecular weight excluding hydrogens is 309 g/mol. The fourth-order valence-corrected chi connectivity index (χ4v) is 3.65. The molecule has 1 aromatic rings. The molecule has 2 heterocycles. The zero-order valence-electron chi connectivity index (χ0n) is 11.8. The lowest BCUT2D eigenvalue weighted by atomic mass is 9.87. The standard InChI is InChI=1S/C15H19Cl2N3O/c16-11-2-1-3-12(14(11)17)19-13(21)8-20-7-5-15(10-20)4-6-18-9-15/h1-3,18H,4-10H2,(H,19,21). The number of likely N-dealkylation sites (tertiary alicyclic amines) is 1. The van der Waals surface area contributed by atoms with Gasteiger partial charge in [0.1, 0.15) is 0 Å². The van der Waals surface area contributed by atoms with Crippen LogP contribution in [-0.4, -0.2) is 43.5 Å². The van der Waals surface area contributed by atoms with Crippen LogP contribution >= 0.6 is 23.2 Å². The molecule has 0 saturated carbocycles. The second-order valence-electron chi connectivity index (χ2n) is 6.04. The minimum absolute atomic E-state index is 0.0397. The lowest BCUT2D eigenvalue weighted by Gasteiger charge is -2.22. The normalized spacial score (nSPS) is 25.6. The molecule has 2 fully saturated rings. The van der Waals surface area contributed by atoms with Crippen molar-refractivity contribution in [1.29, 1.82) is 0 Å². The second kappa shape index (κ2) is 6.13. The van der Waals surface area contributed by atoms with Crippen LogP contribution in [0.1, 0.15) is 12.8 Å². The SMILES string of the molecule is O=C(CN1CCC2(CCNC2)C1)Nc1cccc(Cl)c1Cl. The highest BCUT2D eigenvalue weighted by Gasteiger charge is 2.40. The highest BCUT2D eigenvalue weighted by atomic mass is 35.5. The molecule has 0 bridgehead atoms. The molecule has 4 nitrogen and oxygen atoms in total. The van der Waals surface area contributed by atoms with Crippen molar-refractivity contribution in [3.63, 3.8) is 0 Å². The molecule has 1 unspecified atom stereocenters. The van der Waals surface area contributed by atoms with Crippen LogP contribution < -0.4 is 10.6 Å². The number of hydrogen-bond acceptors (Lipinski definition) is 3. The first-order chi connectivity index (χ1) is 10.1. The Balaban J connectivity index is 1.56. The summed E-state index contributed by atoms with van der Waals surface area (Å²) < 4.78 is 0. The molecule has 1 aromatic carbocycles. The number of halogens is 2. The molecule has 2 N–H and O–H groups in total. The van der Waals surface area contributed by atoms with Gasteiger partial charge in [-0.25, -0.2) is 0 Å². The molecule has 2 aliphatic heterocycles. The van der Waals surface area contributed by atoms with Crippen LogP contribution in [0.25, 0.3) is 0 Å². The molecule has 2 saturated heterocycles. The van der Waals surface area contributed by atoms with Gasteiger partial charge in [-0.3, -0.25) is 9.69 Å². The Morgan fingerprint density at radius 2 is 2.24 bits per heavy atom.